The van der Waals surface area contributed by atoms with Crippen molar-refractivity contribution in [2.45, 2.75) is 32.7 Å². The maximum absolute atomic E-state index is 12.8. The summed E-state index contributed by atoms with van der Waals surface area (Å²) in [6.45, 7) is 6.26. The van der Waals surface area contributed by atoms with Crippen LogP contribution in [0.3, 0.4) is 0 Å². The number of rotatable bonds is 4. The molecule has 4 nitrogen and oxygen atoms in total. The van der Waals surface area contributed by atoms with E-state index in [2.05, 4.69) is 31.3 Å². The number of hydrogen-bond donors (Lipinski definition) is 1. The lowest BCUT2D eigenvalue weighted by Crippen LogP contribution is -2.29. The van der Waals surface area contributed by atoms with Crippen molar-refractivity contribution >= 4 is 16.8 Å². The van der Waals surface area contributed by atoms with Gasteiger partial charge in [0.2, 0.25) is 0 Å². The first-order valence-electron chi connectivity index (χ1n) is 8.88. The standard InChI is InChI=1S/C22H24N2O2/c1-14(2)16-9-11-17(12-10-16)15(3)23-22(26)19-13-21(25)24(4)20-8-6-5-7-18(19)20/h5-15H,1-4H3,(H,23,26). The fraction of sp³-hybridized carbons (Fsp3) is 0.273. The molecule has 0 aliphatic heterocycles. The summed E-state index contributed by atoms with van der Waals surface area (Å²) in [6.07, 6.45) is 0. The van der Waals surface area contributed by atoms with Crippen LogP contribution in [0.25, 0.3) is 10.9 Å². The summed E-state index contributed by atoms with van der Waals surface area (Å²) in [5.41, 5.74) is 3.27. The number of pyridine rings is 1. The van der Waals surface area contributed by atoms with Gasteiger partial charge in [0.1, 0.15) is 0 Å². The van der Waals surface area contributed by atoms with Crippen LogP contribution in [0.4, 0.5) is 0 Å². The summed E-state index contributed by atoms with van der Waals surface area (Å²) in [7, 11) is 1.71. The van der Waals surface area contributed by atoms with Crippen molar-refractivity contribution in [2.24, 2.45) is 7.05 Å². The van der Waals surface area contributed by atoms with E-state index in [-0.39, 0.29) is 17.5 Å². The van der Waals surface area contributed by atoms with Gasteiger partial charge < -0.3 is 9.88 Å². The Hall–Kier alpha value is -2.88. The molecule has 1 unspecified atom stereocenters. The van der Waals surface area contributed by atoms with Crippen molar-refractivity contribution in [3.63, 3.8) is 0 Å². The number of nitrogens with zero attached hydrogens (tertiary/aromatic N) is 1. The van der Waals surface area contributed by atoms with Crippen LogP contribution < -0.4 is 10.9 Å². The summed E-state index contributed by atoms with van der Waals surface area (Å²) in [5, 5.41) is 3.79. The molecule has 2 aromatic carbocycles. The van der Waals surface area contributed by atoms with Gasteiger partial charge in [-0.25, -0.2) is 0 Å². The Kier molecular flexibility index (Phi) is 4.94. The van der Waals surface area contributed by atoms with E-state index in [1.807, 2.05) is 43.3 Å². The highest BCUT2D eigenvalue weighted by Gasteiger charge is 2.16. The SMILES string of the molecule is CC(C)c1ccc(C(C)NC(=O)c2cc(=O)n(C)c3ccccc23)cc1. The summed E-state index contributed by atoms with van der Waals surface area (Å²) < 4.78 is 1.56. The van der Waals surface area contributed by atoms with Crippen LogP contribution in [0, 0.1) is 0 Å². The zero-order valence-corrected chi connectivity index (χ0v) is 15.6. The topological polar surface area (TPSA) is 51.1 Å². The molecular formula is C22H24N2O2. The van der Waals surface area contributed by atoms with Gasteiger partial charge in [-0.05, 0) is 30.0 Å². The van der Waals surface area contributed by atoms with Crippen LogP contribution in [-0.2, 0) is 7.05 Å². The molecule has 0 aliphatic rings. The molecule has 1 N–H and O–H groups in total. The minimum Gasteiger partial charge on any atom is -0.345 e. The van der Waals surface area contributed by atoms with Crippen LogP contribution >= 0.6 is 0 Å². The average Bonchev–Trinajstić information content (AvgIpc) is 2.64. The molecule has 1 aromatic heterocycles. The molecule has 0 radical (unpaired) electrons. The lowest BCUT2D eigenvalue weighted by Gasteiger charge is -2.17. The van der Waals surface area contributed by atoms with Gasteiger partial charge in [0, 0.05) is 18.5 Å². The molecule has 1 heterocycles. The van der Waals surface area contributed by atoms with E-state index in [1.165, 1.54) is 11.6 Å². The summed E-state index contributed by atoms with van der Waals surface area (Å²) in [4.78, 5) is 25.0. The van der Waals surface area contributed by atoms with Gasteiger partial charge in [-0.1, -0.05) is 56.3 Å². The Balaban J connectivity index is 1.89. The molecule has 4 heteroatoms. The number of benzene rings is 2. The molecule has 134 valence electrons. The second-order valence-corrected chi connectivity index (χ2v) is 6.99. The molecule has 0 fully saturated rings. The maximum Gasteiger partial charge on any atom is 0.252 e. The van der Waals surface area contributed by atoms with Crippen molar-refractivity contribution in [3.8, 4) is 0 Å². The molecule has 1 atom stereocenters. The number of amides is 1. The van der Waals surface area contributed by atoms with E-state index in [1.54, 1.807) is 11.6 Å². The zero-order chi connectivity index (χ0) is 18.8. The molecule has 26 heavy (non-hydrogen) atoms. The van der Waals surface area contributed by atoms with Crippen LogP contribution in [0.5, 0.6) is 0 Å². The first kappa shape index (κ1) is 17.9. The number of nitrogens with one attached hydrogen (secondary N) is 1. The van der Waals surface area contributed by atoms with Gasteiger partial charge >= 0.3 is 0 Å². The molecule has 0 aliphatic carbocycles. The first-order valence-corrected chi connectivity index (χ1v) is 8.88. The van der Waals surface area contributed by atoms with Gasteiger partial charge in [0.25, 0.3) is 11.5 Å². The molecule has 0 bridgehead atoms. The van der Waals surface area contributed by atoms with Gasteiger partial charge in [0.15, 0.2) is 0 Å². The van der Waals surface area contributed by atoms with Gasteiger partial charge in [0.05, 0.1) is 17.1 Å². The van der Waals surface area contributed by atoms with Crippen LogP contribution in [0.1, 0.15) is 54.2 Å². The molecule has 3 rings (SSSR count). The third-order valence-electron chi connectivity index (χ3n) is 4.85. The van der Waals surface area contributed by atoms with Gasteiger partial charge in [-0.2, -0.15) is 0 Å². The van der Waals surface area contributed by atoms with Crippen molar-refractivity contribution in [3.05, 3.63) is 81.6 Å². The quantitative estimate of drug-likeness (QED) is 0.770. The summed E-state index contributed by atoms with van der Waals surface area (Å²) in [6, 6.07) is 17.0. The van der Waals surface area contributed by atoms with E-state index >= 15 is 0 Å². The minimum absolute atomic E-state index is 0.147. The zero-order valence-electron chi connectivity index (χ0n) is 15.6. The second kappa shape index (κ2) is 7.16. The van der Waals surface area contributed by atoms with Crippen LogP contribution in [0.2, 0.25) is 0 Å². The van der Waals surface area contributed by atoms with E-state index in [0.717, 1.165) is 16.5 Å². The van der Waals surface area contributed by atoms with E-state index < -0.39 is 0 Å². The van der Waals surface area contributed by atoms with Crippen molar-refractivity contribution in [1.82, 2.24) is 9.88 Å². The van der Waals surface area contributed by atoms with E-state index in [0.29, 0.717) is 11.5 Å². The molecule has 0 spiro atoms. The second-order valence-electron chi connectivity index (χ2n) is 6.99. The first-order chi connectivity index (χ1) is 12.4. The number of para-hydroxylation sites is 1. The molecule has 3 aromatic rings. The van der Waals surface area contributed by atoms with Gasteiger partial charge in [-0.3, -0.25) is 9.59 Å². The normalized spacial score (nSPS) is 12.3. The maximum atomic E-state index is 12.8. The largest absolute Gasteiger partial charge is 0.345 e. The van der Waals surface area contributed by atoms with Crippen molar-refractivity contribution < 1.29 is 4.79 Å². The smallest absolute Gasteiger partial charge is 0.252 e. The minimum atomic E-state index is -0.237. The molecule has 0 saturated heterocycles. The highest BCUT2D eigenvalue weighted by molar-refractivity contribution is 6.06. The third kappa shape index (κ3) is 3.40. The number of fused-ring (bicyclic) bond motifs is 1. The monoisotopic (exact) mass is 348 g/mol. The lowest BCUT2D eigenvalue weighted by molar-refractivity contribution is 0.0941. The summed E-state index contributed by atoms with van der Waals surface area (Å²) in [5.74, 6) is 0.236. The lowest BCUT2D eigenvalue weighted by atomic mass is 9.99. The van der Waals surface area contributed by atoms with Crippen LogP contribution in [0.15, 0.2) is 59.4 Å². The Morgan fingerprint density at radius 1 is 0.962 bits per heavy atom. The predicted molar refractivity (Wildman–Crippen MR) is 106 cm³/mol. The Morgan fingerprint density at radius 3 is 2.23 bits per heavy atom. The van der Waals surface area contributed by atoms with Crippen molar-refractivity contribution in [1.29, 1.82) is 0 Å². The van der Waals surface area contributed by atoms with Crippen LogP contribution in [-0.4, -0.2) is 10.5 Å². The molecule has 1 amide bonds. The van der Waals surface area contributed by atoms with E-state index in [4.69, 9.17) is 0 Å². The van der Waals surface area contributed by atoms with E-state index in [9.17, 15) is 9.59 Å². The van der Waals surface area contributed by atoms with Gasteiger partial charge in [-0.15, -0.1) is 0 Å². The number of carbonyl (C=O) groups is 1. The number of hydrogen-bond acceptors (Lipinski definition) is 2. The predicted octanol–water partition coefficient (Wildman–Crippen LogP) is 4.15. The Bertz CT molecular complexity index is 1000. The number of aromatic nitrogens is 1. The Labute approximate surface area is 153 Å². The fourth-order valence-electron chi connectivity index (χ4n) is 3.13. The highest BCUT2D eigenvalue weighted by Crippen LogP contribution is 2.20. The molecule has 0 saturated carbocycles. The summed E-state index contributed by atoms with van der Waals surface area (Å²) >= 11 is 0. The Morgan fingerprint density at radius 2 is 1.58 bits per heavy atom. The van der Waals surface area contributed by atoms with Crippen molar-refractivity contribution in [2.75, 3.05) is 0 Å². The third-order valence-corrected chi connectivity index (χ3v) is 4.85. The number of aryl methyl sites for hydroxylation is 1. The molecular weight excluding hydrogens is 324 g/mol. The number of carbonyl (C=O) groups excluding carboxylic acids is 1. The average molecular weight is 348 g/mol. The highest BCUT2D eigenvalue weighted by atomic mass is 16.2. The fourth-order valence-corrected chi connectivity index (χ4v) is 3.13.